The van der Waals surface area contributed by atoms with Gasteiger partial charge < -0.3 is 29.7 Å². The molecule has 0 amide bonds. The molecule has 0 atom stereocenters. The number of carbonyl (C=O) groups is 3. The number of carboxylic acid groups (broad SMARTS) is 3. The smallest absolute Gasteiger partial charge is 0.549 e. The van der Waals surface area contributed by atoms with E-state index < -0.39 is 37.5 Å². The number of hydrogen-bond acceptors (Lipinski definition) is 7. The maximum absolute atomic E-state index is 9.99. The zero-order valence-electron chi connectivity index (χ0n) is 6.82. The van der Waals surface area contributed by atoms with Gasteiger partial charge in [-0.3, -0.25) is 4.90 Å². The minimum atomic E-state index is -1.57. The number of rotatable bonds is 6. The third-order valence-electron chi connectivity index (χ3n) is 1.06. The topological polar surface area (TPSA) is 124 Å². The molecular formula is C6H6HoNO6. The van der Waals surface area contributed by atoms with Gasteiger partial charge in [-0.2, -0.15) is 0 Å². The summed E-state index contributed by atoms with van der Waals surface area (Å²) < 4.78 is 0. The third-order valence-corrected chi connectivity index (χ3v) is 1.06. The van der Waals surface area contributed by atoms with Crippen LogP contribution in [-0.4, -0.2) is 42.4 Å². The van der Waals surface area contributed by atoms with Crippen LogP contribution in [0.2, 0.25) is 0 Å². The van der Waals surface area contributed by atoms with Crippen LogP contribution in [0.1, 0.15) is 0 Å². The Kier molecular flexibility index (Phi) is 9.16. The van der Waals surface area contributed by atoms with Crippen molar-refractivity contribution in [3.63, 3.8) is 0 Å². The van der Waals surface area contributed by atoms with Crippen molar-refractivity contribution in [2.24, 2.45) is 0 Å². The fourth-order valence-electron chi connectivity index (χ4n) is 0.715. The normalized spacial score (nSPS) is 9.21. The van der Waals surface area contributed by atoms with Gasteiger partial charge in [-0.1, -0.05) is 0 Å². The summed E-state index contributed by atoms with van der Waals surface area (Å²) in [5.74, 6) is -4.70. The van der Waals surface area contributed by atoms with Gasteiger partial charge in [0.15, 0.2) is 0 Å². The van der Waals surface area contributed by atoms with E-state index in [4.69, 9.17) is 0 Å². The molecule has 82 valence electrons. The second kappa shape index (κ2) is 7.98. The summed E-state index contributed by atoms with van der Waals surface area (Å²) in [6, 6.07) is 0. The standard InChI is InChI=1S/C6H9NO6.Ho/c8-4(9)1-7(2-5(10)11)3-6(12)13;/h1-3H2,(H,8,9)(H,10,11)(H,12,13);/q;+3/p-3. The van der Waals surface area contributed by atoms with Gasteiger partial charge in [0, 0.05) is 19.6 Å². The van der Waals surface area contributed by atoms with Crippen molar-refractivity contribution < 1.29 is 67.4 Å². The number of carbonyl (C=O) groups excluding carboxylic acids is 3. The van der Waals surface area contributed by atoms with Crippen LogP contribution >= 0.6 is 0 Å². The number of hydrogen-bond donors (Lipinski definition) is 0. The molecule has 0 bridgehead atoms. The maximum Gasteiger partial charge on any atom is 3.00 e. The Morgan fingerprint density at radius 1 is 0.786 bits per heavy atom. The summed E-state index contributed by atoms with van der Waals surface area (Å²) in [7, 11) is 0. The number of nitrogens with zero attached hydrogens (tertiary/aromatic N) is 1. The van der Waals surface area contributed by atoms with E-state index >= 15 is 0 Å². The Bertz CT molecular complexity index is 192. The van der Waals surface area contributed by atoms with Crippen LogP contribution in [0.4, 0.5) is 0 Å². The zero-order chi connectivity index (χ0) is 10.4. The van der Waals surface area contributed by atoms with E-state index in [1.54, 1.807) is 0 Å². The SMILES string of the molecule is O=C([O-])CN(CC(=O)[O-])CC(=O)[O-].[Ho+3]. The molecule has 0 rings (SSSR count). The minimum Gasteiger partial charge on any atom is -0.549 e. The summed E-state index contributed by atoms with van der Waals surface area (Å²) in [5, 5.41) is 30.0. The fraction of sp³-hybridized carbons (Fsp3) is 0.500. The summed E-state index contributed by atoms with van der Waals surface area (Å²) >= 11 is 0. The van der Waals surface area contributed by atoms with Crippen molar-refractivity contribution in [2.45, 2.75) is 0 Å². The molecule has 0 aromatic carbocycles. The van der Waals surface area contributed by atoms with Crippen molar-refractivity contribution in [2.75, 3.05) is 19.6 Å². The Labute approximate surface area is 109 Å². The molecule has 0 saturated carbocycles. The molecule has 0 fully saturated rings. The van der Waals surface area contributed by atoms with E-state index in [0.717, 1.165) is 0 Å². The molecule has 0 saturated heterocycles. The van der Waals surface area contributed by atoms with Crippen molar-refractivity contribution >= 4 is 17.9 Å². The Morgan fingerprint density at radius 2 is 1.00 bits per heavy atom. The molecule has 0 aliphatic carbocycles. The monoisotopic (exact) mass is 353 g/mol. The van der Waals surface area contributed by atoms with Crippen LogP contribution in [0.5, 0.6) is 0 Å². The predicted octanol–water partition coefficient (Wildman–Crippen LogP) is -5.46. The van der Waals surface area contributed by atoms with Crippen LogP contribution in [0, 0.1) is 37.7 Å². The average molecular weight is 353 g/mol. The van der Waals surface area contributed by atoms with Gasteiger partial charge >= 0.3 is 37.7 Å². The van der Waals surface area contributed by atoms with Crippen molar-refractivity contribution in [3.05, 3.63) is 0 Å². The van der Waals surface area contributed by atoms with Crippen LogP contribution in [0.25, 0.3) is 0 Å². The average Bonchev–Trinajstić information content (AvgIpc) is 1.80. The maximum atomic E-state index is 9.99. The van der Waals surface area contributed by atoms with Gasteiger partial charge in [0.25, 0.3) is 0 Å². The summed E-state index contributed by atoms with van der Waals surface area (Å²) in [5.41, 5.74) is 0. The second-order valence-electron chi connectivity index (χ2n) is 2.26. The van der Waals surface area contributed by atoms with Crippen LogP contribution in [0.15, 0.2) is 0 Å². The molecule has 0 radical (unpaired) electrons. The van der Waals surface area contributed by atoms with E-state index in [9.17, 15) is 29.7 Å². The van der Waals surface area contributed by atoms with Gasteiger partial charge in [-0.25, -0.2) is 0 Å². The van der Waals surface area contributed by atoms with E-state index in [0.29, 0.717) is 4.90 Å². The molecule has 8 heteroatoms. The van der Waals surface area contributed by atoms with Crippen LogP contribution in [0.3, 0.4) is 0 Å². The van der Waals surface area contributed by atoms with E-state index in [-0.39, 0.29) is 37.7 Å². The fourth-order valence-corrected chi connectivity index (χ4v) is 0.715. The molecule has 0 aromatic heterocycles. The van der Waals surface area contributed by atoms with Crippen molar-refractivity contribution in [1.82, 2.24) is 4.90 Å². The van der Waals surface area contributed by atoms with E-state index in [2.05, 4.69) is 0 Å². The molecule has 0 unspecified atom stereocenters. The van der Waals surface area contributed by atoms with E-state index in [1.807, 2.05) is 0 Å². The van der Waals surface area contributed by atoms with Gasteiger partial charge in [-0.15, -0.1) is 0 Å². The minimum absolute atomic E-state index is 0. The first kappa shape index (κ1) is 16.1. The summed E-state index contributed by atoms with van der Waals surface area (Å²) in [4.78, 5) is 30.6. The first-order valence-corrected chi connectivity index (χ1v) is 3.23. The number of carboxylic acids is 3. The van der Waals surface area contributed by atoms with Crippen molar-refractivity contribution in [3.8, 4) is 0 Å². The molecule has 0 aromatic rings. The van der Waals surface area contributed by atoms with Crippen molar-refractivity contribution in [1.29, 1.82) is 0 Å². The molecule has 7 nitrogen and oxygen atoms in total. The largest absolute Gasteiger partial charge is 3.00 e. The summed E-state index contributed by atoms with van der Waals surface area (Å²) in [6.45, 7) is -2.37. The molecule has 0 heterocycles. The Morgan fingerprint density at radius 3 is 1.14 bits per heavy atom. The van der Waals surface area contributed by atoms with Gasteiger partial charge in [0.1, 0.15) is 0 Å². The first-order chi connectivity index (χ1) is 5.91. The third kappa shape index (κ3) is 9.72. The van der Waals surface area contributed by atoms with Crippen LogP contribution in [-0.2, 0) is 14.4 Å². The first-order valence-electron chi connectivity index (χ1n) is 3.23. The Hall–Kier alpha value is -0.370. The molecule has 0 N–H and O–H groups in total. The molecule has 0 spiro atoms. The van der Waals surface area contributed by atoms with E-state index in [1.165, 1.54) is 0 Å². The van der Waals surface area contributed by atoms with Gasteiger partial charge in [0.2, 0.25) is 0 Å². The number of aliphatic carboxylic acids is 3. The second-order valence-corrected chi connectivity index (χ2v) is 2.26. The quantitative estimate of drug-likeness (QED) is 0.437. The molecule has 14 heavy (non-hydrogen) atoms. The molecule has 0 aliphatic rings. The molecule has 0 aliphatic heterocycles. The van der Waals surface area contributed by atoms with Gasteiger partial charge in [-0.05, 0) is 0 Å². The Balaban J connectivity index is 0. The van der Waals surface area contributed by atoms with Gasteiger partial charge in [0.05, 0.1) is 17.9 Å². The van der Waals surface area contributed by atoms with Crippen LogP contribution < -0.4 is 15.3 Å². The zero-order valence-corrected chi connectivity index (χ0v) is 8.75. The molecular weight excluding hydrogens is 347 g/mol. The summed E-state index contributed by atoms with van der Waals surface area (Å²) in [6.07, 6.45) is 0. The predicted molar refractivity (Wildman–Crippen MR) is 31.5 cm³/mol.